The number of Topliss-reactive ketones (excluding diaryl/α,β-unsaturated/α-hetero) is 1. The Morgan fingerprint density at radius 2 is 2.00 bits per heavy atom. The predicted octanol–water partition coefficient (Wildman–Crippen LogP) is 4.95. The Morgan fingerprint density at radius 1 is 1.38 bits per heavy atom. The molecule has 1 aromatic rings. The first-order valence-corrected chi connectivity index (χ1v) is 6.73. The van der Waals surface area contributed by atoms with Crippen LogP contribution in [0.15, 0.2) is 18.2 Å². The number of halogens is 2. The molecule has 0 heterocycles. The van der Waals surface area contributed by atoms with E-state index in [0.29, 0.717) is 11.4 Å². The summed E-state index contributed by atoms with van der Waals surface area (Å²) in [6, 6.07) is 5.49. The Balaban J connectivity index is 2.70. The molecule has 0 saturated heterocycles. The minimum absolute atomic E-state index is 0.174. The number of hydrogen-bond donors (Lipinski definition) is 0. The molecule has 3 heteroatoms. The van der Waals surface area contributed by atoms with Crippen LogP contribution in [-0.2, 0) is 0 Å². The fourth-order valence-corrected chi connectivity index (χ4v) is 1.82. The minimum atomic E-state index is 0.174. The van der Waals surface area contributed by atoms with E-state index in [1.807, 2.05) is 12.1 Å². The molecule has 1 aromatic carbocycles. The number of carbonyl (C=O) groups excluding carboxylic acids is 1. The van der Waals surface area contributed by atoms with Crippen LogP contribution >= 0.6 is 34.2 Å². The number of benzene rings is 1. The summed E-state index contributed by atoms with van der Waals surface area (Å²) >= 11 is 8.14. The maximum atomic E-state index is 11.9. The number of ketones is 1. The highest BCUT2D eigenvalue weighted by molar-refractivity contribution is 14.1. The summed E-state index contributed by atoms with van der Waals surface area (Å²) in [6.07, 6.45) is 1.48. The molecule has 0 aliphatic carbocycles. The highest BCUT2D eigenvalue weighted by atomic mass is 127. The first-order chi connectivity index (χ1) is 7.29. The number of hydrogen-bond acceptors (Lipinski definition) is 1. The van der Waals surface area contributed by atoms with Gasteiger partial charge in [-0.05, 0) is 46.6 Å². The van der Waals surface area contributed by atoms with Crippen LogP contribution in [0.4, 0.5) is 0 Å². The zero-order chi connectivity index (χ0) is 12.3. The molecule has 1 rings (SSSR count). The van der Waals surface area contributed by atoms with Crippen molar-refractivity contribution in [1.82, 2.24) is 0 Å². The molecule has 0 aliphatic heterocycles. The second-order valence-corrected chi connectivity index (χ2v) is 6.68. The molecule has 0 aliphatic rings. The molecular formula is C13H16ClIO. The van der Waals surface area contributed by atoms with Crippen LogP contribution in [-0.4, -0.2) is 5.78 Å². The van der Waals surface area contributed by atoms with Crippen molar-refractivity contribution in [3.05, 3.63) is 32.4 Å². The Hall–Kier alpha value is -0.0900. The van der Waals surface area contributed by atoms with E-state index < -0.39 is 0 Å². The molecule has 1 nitrogen and oxygen atoms in total. The van der Waals surface area contributed by atoms with Gasteiger partial charge in [-0.15, -0.1) is 0 Å². The van der Waals surface area contributed by atoms with Gasteiger partial charge >= 0.3 is 0 Å². The molecule has 0 atom stereocenters. The van der Waals surface area contributed by atoms with E-state index in [1.165, 1.54) is 0 Å². The Kier molecular flexibility index (Phi) is 4.80. The van der Waals surface area contributed by atoms with Gasteiger partial charge in [-0.2, -0.15) is 0 Å². The molecule has 0 unspecified atom stereocenters. The summed E-state index contributed by atoms with van der Waals surface area (Å²) in [7, 11) is 0. The van der Waals surface area contributed by atoms with E-state index in [0.717, 1.165) is 15.6 Å². The summed E-state index contributed by atoms with van der Waals surface area (Å²) in [4.78, 5) is 11.9. The number of carbonyl (C=O) groups is 1. The monoisotopic (exact) mass is 350 g/mol. The van der Waals surface area contributed by atoms with Gasteiger partial charge in [-0.1, -0.05) is 38.4 Å². The van der Waals surface area contributed by atoms with Crippen LogP contribution in [0.2, 0.25) is 5.02 Å². The topological polar surface area (TPSA) is 17.1 Å². The smallest absolute Gasteiger partial charge is 0.162 e. The van der Waals surface area contributed by atoms with Crippen molar-refractivity contribution in [3.8, 4) is 0 Å². The quantitative estimate of drug-likeness (QED) is 0.556. The lowest BCUT2D eigenvalue weighted by atomic mass is 9.88. The first-order valence-electron chi connectivity index (χ1n) is 5.28. The van der Waals surface area contributed by atoms with Crippen molar-refractivity contribution in [2.24, 2.45) is 5.41 Å². The number of rotatable bonds is 3. The van der Waals surface area contributed by atoms with E-state index in [2.05, 4.69) is 43.4 Å². The fourth-order valence-electron chi connectivity index (χ4n) is 1.30. The highest BCUT2D eigenvalue weighted by Crippen LogP contribution is 2.24. The zero-order valence-electron chi connectivity index (χ0n) is 9.81. The lowest BCUT2D eigenvalue weighted by molar-refractivity contribution is 0.0966. The van der Waals surface area contributed by atoms with Crippen LogP contribution < -0.4 is 0 Å². The van der Waals surface area contributed by atoms with Crippen LogP contribution in [0.5, 0.6) is 0 Å². The van der Waals surface area contributed by atoms with Crippen LogP contribution in [0.3, 0.4) is 0 Å². The van der Waals surface area contributed by atoms with Gasteiger partial charge in [-0.3, -0.25) is 4.79 Å². The summed E-state index contributed by atoms with van der Waals surface area (Å²) in [5.74, 6) is 0.174. The molecule has 0 bridgehead atoms. The molecule has 0 radical (unpaired) electrons. The summed E-state index contributed by atoms with van der Waals surface area (Å²) in [5, 5.41) is 0.655. The lowest BCUT2D eigenvalue weighted by Crippen LogP contribution is -2.09. The van der Waals surface area contributed by atoms with Crippen molar-refractivity contribution >= 4 is 40.0 Å². The Morgan fingerprint density at radius 3 is 2.50 bits per heavy atom. The molecule has 0 saturated carbocycles. The van der Waals surface area contributed by atoms with Crippen molar-refractivity contribution < 1.29 is 4.79 Å². The van der Waals surface area contributed by atoms with Gasteiger partial charge in [0.1, 0.15) is 0 Å². The van der Waals surface area contributed by atoms with E-state index in [-0.39, 0.29) is 11.2 Å². The molecule has 0 amide bonds. The van der Waals surface area contributed by atoms with Crippen molar-refractivity contribution in [2.45, 2.75) is 33.6 Å². The largest absolute Gasteiger partial charge is 0.294 e. The van der Waals surface area contributed by atoms with Crippen LogP contribution in [0.25, 0.3) is 0 Å². The van der Waals surface area contributed by atoms with Gasteiger partial charge in [-0.25, -0.2) is 0 Å². The molecule has 0 aromatic heterocycles. The van der Waals surface area contributed by atoms with Crippen LogP contribution in [0, 0.1) is 8.99 Å². The van der Waals surface area contributed by atoms with E-state index >= 15 is 0 Å². The molecule has 0 N–H and O–H groups in total. The van der Waals surface area contributed by atoms with Gasteiger partial charge in [0.25, 0.3) is 0 Å². The van der Waals surface area contributed by atoms with Crippen molar-refractivity contribution in [1.29, 1.82) is 0 Å². The maximum Gasteiger partial charge on any atom is 0.162 e. The zero-order valence-corrected chi connectivity index (χ0v) is 12.7. The van der Waals surface area contributed by atoms with Gasteiger partial charge in [0, 0.05) is 15.6 Å². The third-order valence-corrected chi connectivity index (χ3v) is 3.92. The predicted molar refractivity (Wildman–Crippen MR) is 77.2 cm³/mol. The molecule has 0 fully saturated rings. The van der Waals surface area contributed by atoms with Crippen molar-refractivity contribution in [3.63, 3.8) is 0 Å². The van der Waals surface area contributed by atoms with Gasteiger partial charge in [0.2, 0.25) is 0 Å². The average Bonchev–Trinajstić information content (AvgIpc) is 2.17. The van der Waals surface area contributed by atoms with Crippen LogP contribution in [0.1, 0.15) is 44.0 Å². The van der Waals surface area contributed by atoms with Gasteiger partial charge in [0.15, 0.2) is 5.78 Å². The molecule has 88 valence electrons. The third kappa shape index (κ3) is 4.42. The average molecular weight is 351 g/mol. The molecule has 16 heavy (non-hydrogen) atoms. The summed E-state index contributed by atoms with van der Waals surface area (Å²) < 4.78 is 0.978. The Bertz CT molecular complexity index is 393. The lowest BCUT2D eigenvalue weighted by Gasteiger charge is -2.17. The third-order valence-electron chi connectivity index (χ3n) is 2.34. The second-order valence-electron chi connectivity index (χ2n) is 5.11. The maximum absolute atomic E-state index is 11.9. The fraction of sp³-hybridized carbons (Fsp3) is 0.462. The standard InChI is InChI=1S/C13H16ClIO/c1-13(2,3)7-6-12(16)9-4-5-11(15)10(14)8-9/h4-5,8H,6-7H2,1-3H3. The highest BCUT2D eigenvalue weighted by Gasteiger charge is 2.14. The first kappa shape index (κ1) is 14.0. The molecule has 0 spiro atoms. The van der Waals surface area contributed by atoms with E-state index in [9.17, 15) is 4.79 Å². The second kappa shape index (κ2) is 5.50. The van der Waals surface area contributed by atoms with Gasteiger partial charge < -0.3 is 0 Å². The molecular weight excluding hydrogens is 334 g/mol. The van der Waals surface area contributed by atoms with E-state index in [1.54, 1.807) is 6.07 Å². The minimum Gasteiger partial charge on any atom is -0.294 e. The summed E-state index contributed by atoms with van der Waals surface area (Å²) in [6.45, 7) is 6.42. The summed E-state index contributed by atoms with van der Waals surface area (Å²) in [5.41, 5.74) is 0.914. The van der Waals surface area contributed by atoms with Gasteiger partial charge in [0.05, 0.1) is 5.02 Å². The Labute approximate surface area is 116 Å². The van der Waals surface area contributed by atoms with E-state index in [4.69, 9.17) is 11.6 Å². The SMILES string of the molecule is CC(C)(C)CCC(=O)c1ccc(I)c(Cl)c1. The normalized spacial score (nSPS) is 11.6. The van der Waals surface area contributed by atoms with Crippen molar-refractivity contribution in [2.75, 3.05) is 0 Å².